The van der Waals surface area contributed by atoms with Crippen LogP contribution >= 0.6 is 0 Å². The summed E-state index contributed by atoms with van der Waals surface area (Å²) < 4.78 is 16.3. The van der Waals surface area contributed by atoms with Crippen LogP contribution in [0.25, 0.3) is 0 Å². The first-order chi connectivity index (χ1) is 13.5. The third-order valence-electron chi connectivity index (χ3n) is 4.55. The van der Waals surface area contributed by atoms with Crippen LogP contribution in [-0.2, 0) is 16.0 Å². The van der Waals surface area contributed by atoms with E-state index in [9.17, 15) is 4.79 Å². The van der Waals surface area contributed by atoms with E-state index < -0.39 is 0 Å². The zero-order valence-electron chi connectivity index (χ0n) is 17.3. The fourth-order valence-electron chi connectivity index (χ4n) is 2.84. The molecule has 1 aromatic carbocycles. The molecule has 1 aliphatic heterocycles. The van der Waals surface area contributed by atoms with Crippen LogP contribution in [0.15, 0.2) is 23.2 Å². The molecule has 1 amide bonds. The Morgan fingerprint density at radius 2 is 2.04 bits per heavy atom. The maximum absolute atomic E-state index is 11.8. The Morgan fingerprint density at radius 1 is 1.25 bits per heavy atom. The maximum atomic E-state index is 11.8. The standard InChI is InChI=1S/C20H32N4O4/c1-24(2)19(25)14-23-20(22-13-16-6-5-11-28-16)21-10-9-15-7-8-17(26-3)18(12-15)27-4/h7-8,12,16H,5-6,9-11,13-14H2,1-4H3,(H2,21,22,23). The number of amides is 1. The van der Waals surface area contributed by atoms with Gasteiger partial charge in [-0.25, -0.2) is 4.99 Å². The number of nitrogens with zero attached hydrogens (tertiary/aromatic N) is 2. The summed E-state index contributed by atoms with van der Waals surface area (Å²) in [7, 11) is 6.70. The Bertz CT molecular complexity index is 658. The second kappa shape index (κ2) is 11.4. The molecule has 2 N–H and O–H groups in total. The monoisotopic (exact) mass is 392 g/mol. The van der Waals surface area contributed by atoms with Gasteiger partial charge in [-0.05, 0) is 37.0 Å². The largest absolute Gasteiger partial charge is 0.493 e. The molecule has 0 aromatic heterocycles. The molecule has 1 fully saturated rings. The molecule has 8 heteroatoms. The van der Waals surface area contributed by atoms with Crippen LogP contribution in [0, 0.1) is 0 Å². The quantitative estimate of drug-likeness (QED) is 0.483. The highest BCUT2D eigenvalue weighted by Crippen LogP contribution is 2.27. The van der Waals surface area contributed by atoms with E-state index in [0.717, 1.165) is 31.4 Å². The van der Waals surface area contributed by atoms with Gasteiger partial charge in [0.15, 0.2) is 17.5 Å². The Hall–Kier alpha value is -2.48. The highest BCUT2D eigenvalue weighted by atomic mass is 16.5. The van der Waals surface area contributed by atoms with Crippen molar-refractivity contribution < 1.29 is 19.0 Å². The molecule has 0 aliphatic carbocycles. The van der Waals surface area contributed by atoms with E-state index in [1.54, 1.807) is 28.3 Å². The molecule has 28 heavy (non-hydrogen) atoms. The zero-order valence-corrected chi connectivity index (χ0v) is 17.3. The molecule has 156 valence electrons. The van der Waals surface area contributed by atoms with Crippen molar-refractivity contribution in [1.29, 1.82) is 0 Å². The van der Waals surface area contributed by atoms with Gasteiger partial charge in [0, 0.05) is 33.8 Å². The first-order valence-electron chi connectivity index (χ1n) is 9.58. The van der Waals surface area contributed by atoms with Crippen LogP contribution in [0.5, 0.6) is 11.5 Å². The molecule has 8 nitrogen and oxygen atoms in total. The minimum absolute atomic E-state index is 0.0434. The average Bonchev–Trinajstić information content (AvgIpc) is 3.22. The Labute approximate surface area is 167 Å². The van der Waals surface area contributed by atoms with Crippen LogP contribution in [0.3, 0.4) is 0 Å². The van der Waals surface area contributed by atoms with Gasteiger partial charge in [0.25, 0.3) is 0 Å². The first-order valence-corrected chi connectivity index (χ1v) is 9.58. The molecule has 1 atom stereocenters. The van der Waals surface area contributed by atoms with E-state index >= 15 is 0 Å². The molecule has 0 radical (unpaired) electrons. The molecule has 2 rings (SSSR count). The van der Waals surface area contributed by atoms with E-state index in [4.69, 9.17) is 14.2 Å². The molecule has 1 aliphatic rings. The predicted molar refractivity (Wildman–Crippen MR) is 109 cm³/mol. The van der Waals surface area contributed by atoms with Gasteiger partial charge in [-0.15, -0.1) is 0 Å². The minimum Gasteiger partial charge on any atom is -0.493 e. The number of ether oxygens (including phenoxy) is 3. The maximum Gasteiger partial charge on any atom is 0.243 e. The van der Waals surface area contributed by atoms with Gasteiger partial charge in [-0.1, -0.05) is 6.07 Å². The molecule has 1 heterocycles. The highest BCUT2D eigenvalue weighted by Gasteiger charge is 2.16. The Morgan fingerprint density at radius 3 is 2.68 bits per heavy atom. The number of guanidine groups is 1. The molecular formula is C20H32N4O4. The number of hydrogen-bond acceptors (Lipinski definition) is 5. The SMILES string of the molecule is COc1ccc(CCNC(=NCC(=O)N(C)C)NCC2CCCO2)cc1OC. The summed E-state index contributed by atoms with van der Waals surface area (Å²) in [6, 6.07) is 5.87. The van der Waals surface area contributed by atoms with Crippen LogP contribution in [0.2, 0.25) is 0 Å². The van der Waals surface area contributed by atoms with Crippen LogP contribution in [0.1, 0.15) is 18.4 Å². The second-order valence-electron chi connectivity index (χ2n) is 6.84. The summed E-state index contributed by atoms with van der Waals surface area (Å²) >= 11 is 0. The smallest absolute Gasteiger partial charge is 0.243 e. The van der Waals surface area contributed by atoms with Gasteiger partial charge in [0.05, 0.1) is 20.3 Å². The molecule has 1 aromatic rings. The first kappa shape index (κ1) is 21.8. The van der Waals surface area contributed by atoms with Crippen LogP contribution in [-0.4, -0.2) is 77.4 Å². The van der Waals surface area contributed by atoms with Gasteiger partial charge >= 0.3 is 0 Å². The molecular weight excluding hydrogens is 360 g/mol. The number of methoxy groups -OCH3 is 2. The molecule has 1 saturated heterocycles. The topological polar surface area (TPSA) is 84.4 Å². The van der Waals surface area contributed by atoms with E-state index in [-0.39, 0.29) is 18.6 Å². The Kier molecular flexibility index (Phi) is 8.87. The van der Waals surface area contributed by atoms with Gasteiger partial charge in [-0.2, -0.15) is 0 Å². The fraction of sp³-hybridized carbons (Fsp3) is 0.600. The summed E-state index contributed by atoms with van der Waals surface area (Å²) in [6.07, 6.45) is 3.11. The summed E-state index contributed by atoms with van der Waals surface area (Å²) in [5.74, 6) is 1.99. The zero-order chi connectivity index (χ0) is 20.4. The number of carbonyl (C=O) groups is 1. The minimum atomic E-state index is -0.0434. The van der Waals surface area contributed by atoms with Gasteiger partial charge in [0.1, 0.15) is 6.54 Å². The van der Waals surface area contributed by atoms with Crippen molar-refractivity contribution in [2.75, 3.05) is 54.6 Å². The number of aliphatic imine (C=N–C) groups is 1. The third-order valence-corrected chi connectivity index (χ3v) is 4.55. The molecule has 1 unspecified atom stereocenters. The van der Waals surface area contributed by atoms with Crippen LogP contribution < -0.4 is 20.1 Å². The van der Waals surface area contributed by atoms with E-state index in [1.807, 2.05) is 18.2 Å². The number of likely N-dealkylation sites (N-methyl/N-ethyl adjacent to an activating group) is 1. The fourth-order valence-corrected chi connectivity index (χ4v) is 2.84. The molecule has 0 spiro atoms. The molecule has 0 bridgehead atoms. The number of rotatable bonds is 9. The summed E-state index contributed by atoms with van der Waals surface area (Å²) in [5.41, 5.74) is 1.12. The van der Waals surface area contributed by atoms with Crippen molar-refractivity contribution in [1.82, 2.24) is 15.5 Å². The predicted octanol–water partition coefficient (Wildman–Crippen LogP) is 1.05. The van der Waals surface area contributed by atoms with Crippen molar-refractivity contribution in [3.8, 4) is 11.5 Å². The Balaban J connectivity index is 1.91. The van der Waals surface area contributed by atoms with E-state index in [2.05, 4.69) is 15.6 Å². The summed E-state index contributed by atoms with van der Waals surface area (Å²) in [5, 5.41) is 6.57. The van der Waals surface area contributed by atoms with Crippen LogP contribution in [0.4, 0.5) is 0 Å². The van der Waals surface area contributed by atoms with E-state index in [0.29, 0.717) is 30.5 Å². The van der Waals surface area contributed by atoms with Crippen molar-refractivity contribution >= 4 is 11.9 Å². The number of carbonyl (C=O) groups excluding carboxylic acids is 1. The average molecular weight is 393 g/mol. The lowest BCUT2D eigenvalue weighted by atomic mass is 10.1. The third kappa shape index (κ3) is 6.92. The summed E-state index contributed by atoms with van der Waals surface area (Å²) in [4.78, 5) is 17.8. The van der Waals surface area contributed by atoms with Crippen molar-refractivity contribution in [2.45, 2.75) is 25.4 Å². The highest BCUT2D eigenvalue weighted by molar-refractivity contribution is 5.84. The lowest BCUT2D eigenvalue weighted by molar-refractivity contribution is -0.127. The van der Waals surface area contributed by atoms with Crippen molar-refractivity contribution in [3.05, 3.63) is 23.8 Å². The number of nitrogens with one attached hydrogen (secondary N) is 2. The van der Waals surface area contributed by atoms with Gasteiger partial charge in [-0.3, -0.25) is 4.79 Å². The van der Waals surface area contributed by atoms with E-state index in [1.165, 1.54) is 4.90 Å². The lowest BCUT2D eigenvalue weighted by Gasteiger charge is -2.16. The normalized spacial score (nSPS) is 16.6. The molecule has 0 saturated carbocycles. The van der Waals surface area contributed by atoms with Crippen molar-refractivity contribution in [3.63, 3.8) is 0 Å². The number of benzene rings is 1. The second-order valence-corrected chi connectivity index (χ2v) is 6.84. The summed E-state index contributed by atoms with van der Waals surface area (Å²) in [6.45, 7) is 2.26. The number of hydrogen-bond donors (Lipinski definition) is 2. The van der Waals surface area contributed by atoms with Gasteiger partial charge < -0.3 is 29.7 Å². The lowest BCUT2D eigenvalue weighted by Crippen LogP contribution is -2.42. The van der Waals surface area contributed by atoms with Crippen molar-refractivity contribution in [2.24, 2.45) is 4.99 Å². The van der Waals surface area contributed by atoms with Gasteiger partial charge in [0.2, 0.25) is 5.91 Å².